The van der Waals surface area contributed by atoms with Crippen LogP contribution >= 0.6 is 12.6 Å². The number of rotatable bonds is 16. The van der Waals surface area contributed by atoms with E-state index in [0.29, 0.717) is 11.6 Å². The molecule has 0 atom stereocenters. The number of nitrogens with zero attached hydrogens (tertiary/aromatic N) is 4. The number of benzene rings is 1. The number of hydrogen-bond donors (Lipinski definition) is 2. The third kappa shape index (κ3) is 9.74. The summed E-state index contributed by atoms with van der Waals surface area (Å²) >= 11 is 4.22. The summed E-state index contributed by atoms with van der Waals surface area (Å²) in [5, 5.41) is 14.6. The van der Waals surface area contributed by atoms with Crippen molar-refractivity contribution in [3.05, 3.63) is 24.3 Å². The predicted molar refractivity (Wildman–Crippen MR) is 125 cm³/mol. The van der Waals surface area contributed by atoms with Crippen molar-refractivity contribution in [3.8, 4) is 5.69 Å². The summed E-state index contributed by atoms with van der Waals surface area (Å²) < 4.78 is 1.52. The highest BCUT2D eigenvalue weighted by molar-refractivity contribution is 7.80. The summed E-state index contributed by atoms with van der Waals surface area (Å²) in [6.45, 7) is 2.27. The minimum atomic E-state index is 0.0537. The molecule has 2 aromatic rings. The number of hydrogen-bond acceptors (Lipinski definition) is 5. The van der Waals surface area contributed by atoms with Gasteiger partial charge in [-0.05, 0) is 35.0 Å². The molecule has 166 valence electrons. The Bertz CT molecular complexity index is 734. The second kappa shape index (κ2) is 15.0. The fourth-order valence-corrected chi connectivity index (χ4v) is 3.79. The number of thiol groups is 1. The van der Waals surface area contributed by atoms with Gasteiger partial charge < -0.3 is 5.32 Å². The first-order valence-corrected chi connectivity index (χ1v) is 12.0. The minimum absolute atomic E-state index is 0.0537. The van der Waals surface area contributed by atoms with E-state index in [0.717, 1.165) is 24.2 Å². The van der Waals surface area contributed by atoms with Crippen molar-refractivity contribution in [3.63, 3.8) is 0 Å². The Morgan fingerprint density at radius 3 is 2.10 bits per heavy atom. The Morgan fingerprint density at radius 1 is 0.933 bits per heavy atom. The first-order chi connectivity index (χ1) is 14.7. The van der Waals surface area contributed by atoms with Crippen LogP contribution < -0.4 is 5.32 Å². The molecular formula is C23H37N5OS. The molecule has 0 aliphatic carbocycles. The Kier molecular flexibility index (Phi) is 12.2. The molecule has 0 saturated carbocycles. The van der Waals surface area contributed by atoms with Gasteiger partial charge in [0, 0.05) is 12.1 Å². The molecule has 30 heavy (non-hydrogen) atoms. The quantitative estimate of drug-likeness (QED) is 0.239. The van der Waals surface area contributed by atoms with Gasteiger partial charge >= 0.3 is 0 Å². The van der Waals surface area contributed by atoms with Crippen molar-refractivity contribution < 1.29 is 4.79 Å². The topological polar surface area (TPSA) is 72.7 Å². The summed E-state index contributed by atoms with van der Waals surface area (Å²) in [4.78, 5) is 12.2. The van der Waals surface area contributed by atoms with Crippen molar-refractivity contribution in [2.45, 2.75) is 102 Å². The smallest absolute Gasteiger partial charge is 0.224 e. The van der Waals surface area contributed by atoms with Crippen LogP contribution in [0.25, 0.3) is 5.69 Å². The maximum Gasteiger partial charge on any atom is 0.224 e. The number of carbonyl (C=O) groups excluding carboxylic acids is 1. The Hall–Kier alpha value is -1.89. The second-order valence-corrected chi connectivity index (χ2v) is 8.38. The first-order valence-electron chi connectivity index (χ1n) is 11.6. The third-order valence-electron chi connectivity index (χ3n) is 5.33. The lowest BCUT2D eigenvalue weighted by atomic mass is 10.0. The molecule has 0 bridgehead atoms. The second-order valence-electron chi connectivity index (χ2n) is 7.98. The number of carbonyl (C=O) groups is 1. The van der Waals surface area contributed by atoms with Crippen LogP contribution in [0, 0.1) is 0 Å². The average molecular weight is 432 g/mol. The van der Waals surface area contributed by atoms with Crippen molar-refractivity contribution in [1.82, 2.24) is 20.2 Å². The molecular weight excluding hydrogens is 394 g/mol. The molecule has 0 spiro atoms. The van der Waals surface area contributed by atoms with Gasteiger partial charge in [0.2, 0.25) is 11.1 Å². The minimum Gasteiger partial charge on any atom is -0.326 e. The number of anilines is 1. The lowest BCUT2D eigenvalue weighted by Crippen LogP contribution is -2.11. The molecule has 2 rings (SSSR count). The third-order valence-corrected chi connectivity index (χ3v) is 5.61. The average Bonchev–Trinajstić information content (AvgIpc) is 3.17. The van der Waals surface area contributed by atoms with Crippen LogP contribution in [0.1, 0.15) is 96.8 Å². The zero-order valence-electron chi connectivity index (χ0n) is 18.4. The van der Waals surface area contributed by atoms with Gasteiger partial charge in [-0.25, -0.2) is 0 Å². The largest absolute Gasteiger partial charge is 0.326 e. The Labute approximate surface area is 186 Å². The monoisotopic (exact) mass is 431 g/mol. The normalized spacial score (nSPS) is 11.0. The summed E-state index contributed by atoms with van der Waals surface area (Å²) in [5.41, 5.74) is 1.51. The van der Waals surface area contributed by atoms with Crippen LogP contribution in [0.3, 0.4) is 0 Å². The van der Waals surface area contributed by atoms with E-state index in [1.54, 1.807) is 0 Å². The highest BCUT2D eigenvalue weighted by Crippen LogP contribution is 2.17. The van der Waals surface area contributed by atoms with Crippen LogP contribution in [0.2, 0.25) is 0 Å². The number of aromatic nitrogens is 4. The van der Waals surface area contributed by atoms with E-state index in [4.69, 9.17) is 0 Å². The molecule has 1 aromatic heterocycles. The number of tetrazole rings is 1. The van der Waals surface area contributed by atoms with Crippen LogP contribution in [0.4, 0.5) is 5.69 Å². The van der Waals surface area contributed by atoms with Gasteiger partial charge in [-0.1, -0.05) is 90.0 Å². The summed E-state index contributed by atoms with van der Waals surface area (Å²) in [6.07, 6.45) is 17.6. The van der Waals surface area contributed by atoms with Crippen molar-refractivity contribution in [2.75, 3.05) is 5.32 Å². The molecule has 0 fully saturated rings. The van der Waals surface area contributed by atoms with E-state index in [-0.39, 0.29) is 5.91 Å². The lowest BCUT2D eigenvalue weighted by molar-refractivity contribution is -0.116. The van der Waals surface area contributed by atoms with Gasteiger partial charge in [-0.3, -0.25) is 4.79 Å². The van der Waals surface area contributed by atoms with Gasteiger partial charge in [-0.15, -0.1) is 17.7 Å². The van der Waals surface area contributed by atoms with Gasteiger partial charge in [0.1, 0.15) is 0 Å². The molecule has 0 aliphatic rings. The zero-order chi connectivity index (χ0) is 21.4. The van der Waals surface area contributed by atoms with E-state index in [9.17, 15) is 4.79 Å². The van der Waals surface area contributed by atoms with Gasteiger partial charge in [0.15, 0.2) is 0 Å². The summed E-state index contributed by atoms with van der Waals surface area (Å²) in [6, 6.07) is 7.45. The highest BCUT2D eigenvalue weighted by atomic mass is 32.1. The Balaban J connectivity index is 1.50. The highest BCUT2D eigenvalue weighted by Gasteiger charge is 2.07. The molecule has 0 aliphatic heterocycles. The number of amides is 1. The van der Waals surface area contributed by atoms with E-state index < -0.39 is 0 Å². The predicted octanol–water partition coefficient (Wildman–Crippen LogP) is 6.37. The molecule has 1 heterocycles. The molecule has 7 heteroatoms. The molecule has 1 N–H and O–H groups in total. The van der Waals surface area contributed by atoms with E-state index in [1.165, 1.54) is 75.3 Å². The number of unbranched alkanes of at least 4 members (excludes halogenated alkanes) is 12. The van der Waals surface area contributed by atoms with Crippen molar-refractivity contribution >= 4 is 24.2 Å². The maximum atomic E-state index is 12.2. The van der Waals surface area contributed by atoms with Crippen LogP contribution in [0.15, 0.2) is 29.4 Å². The molecule has 0 saturated heterocycles. The van der Waals surface area contributed by atoms with Crippen LogP contribution in [-0.2, 0) is 4.79 Å². The summed E-state index contributed by atoms with van der Waals surface area (Å²) in [7, 11) is 0. The van der Waals surface area contributed by atoms with E-state index in [1.807, 2.05) is 24.3 Å². The maximum absolute atomic E-state index is 12.2. The number of nitrogens with one attached hydrogen (secondary N) is 1. The lowest BCUT2D eigenvalue weighted by Gasteiger charge is -2.08. The van der Waals surface area contributed by atoms with Gasteiger partial charge in [-0.2, -0.15) is 4.68 Å². The van der Waals surface area contributed by atoms with Crippen molar-refractivity contribution in [1.29, 1.82) is 0 Å². The standard InChI is InChI=1S/C23H37N5OS/c1-2-3-4-5-6-7-8-9-10-11-12-13-14-18-22(29)24-20-16-15-17-21(19-20)28-23(30)25-26-27-28/h15-17,19H,2-14,18H2,1H3,(H,24,29)(H,25,27,30). The molecule has 1 aromatic carbocycles. The fourth-order valence-electron chi connectivity index (χ4n) is 3.59. The Morgan fingerprint density at radius 2 is 1.53 bits per heavy atom. The molecule has 1 amide bonds. The van der Waals surface area contributed by atoms with Gasteiger partial charge in [0.25, 0.3) is 0 Å². The molecule has 0 radical (unpaired) electrons. The zero-order valence-corrected chi connectivity index (χ0v) is 19.2. The summed E-state index contributed by atoms with van der Waals surface area (Å²) in [5.74, 6) is 0.0537. The SMILES string of the molecule is CCCCCCCCCCCCCCCC(=O)Nc1cccc(-n2nnnc2S)c1. The molecule has 0 unspecified atom stereocenters. The van der Waals surface area contributed by atoms with Crippen molar-refractivity contribution in [2.24, 2.45) is 0 Å². The fraction of sp³-hybridized carbons (Fsp3) is 0.652. The van der Waals surface area contributed by atoms with Crippen LogP contribution in [0.5, 0.6) is 0 Å². The van der Waals surface area contributed by atoms with Crippen LogP contribution in [-0.4, -0.2) is 26.1 Å². The molecule has 6 nitrogen and oxygen atoms in total. The van der Waals surface area contributed by atoms with Gasteiger partial charge in [0.05, 0.1) is 5.69 Å². The van der Waals surface area contributed by atoms with E-state index in [2.05, 4.69) is 40.4 Å². The first kappa shape index (κ1) is 24.4. The van der Waals surface area contributed by atoms with E-state index >= 15 is 0 Å².